The summed E-state index contributed by atoms with van der Waals surface area (Å²) in [5.74, 6) is 1.14. The maximum Gasteiger partial charge on any atom is 0.240 e. The molecule has 0 atom stereocenters. The molecule has 114 valence electrons. The Bertz CT molecular complexity index is 407. The van der Waals surface area contributed by atoms with Gasteiger partial charge in [0.05, 0.1) is 19.0 Å². The number of aromatic nitrogens is 2. The molecular formula is C15H28N4O. The largest absolute Gasteiger partial charge is 0.479 e. The molecule has 1 rings (SSSR count). The standard InChI is InChI=1S/C13H22N4O.C2H6/c1-6-7-8-17(4)10(2)12-15-9-11(14-3)13(16-12)18-5;1-2/h9,14H,2,6-8H2,1,3-5H3;1-2H3. The Hall–Kier alpha value is -1.78. The molecule has 0 spiro atoms. The lowest BCUT2D eigenvalue weighted by Crippen LogP contribution is -2.19. The van der Waals surface area contributed by atoms with E-state index in [0.717, 1.165) is 30.8 Å². The van der Waals surface area contributed by atoms with Crippen molar-refractivity contribution in [3.63, 3.8) is 0 Å². The molecule has 0 unspecified atom stereocenters. The van der Waals surface area contributed by atoms with E-state index in [4.69, 9.17) is 4.74 Å². The minimum Gasteiger partial charge on any atom is -0.479 e. The number of anilines is 1. The first kappa shape index (κ1) is 18.2. The molecular weight excluding hydrogens is 252 g/mol. The highest BCUT2D eigenvalue weighted by molar-refractivity contribution is 5.59. The fourth-order valence-corrected chi connectivity index (χ4v) is 1.53. The van der Waals surface area contributed by atoms with Crippen LogP contribution in [-0.4, -0.2) is 42.6 Å². The second-order valence-electron chi connectivity index (χ2n) is 4.09. The maximum atomic E-state index is 5.21. The molecule has 1 N–H and O–H groups in total. The van der Waals surface area contributed by atoms with E-state index in [1.807, 2.05) is 27.9 Å². The lowest BCUT2D eigenvalue weighted by molar-refractivity contribution is 0.396. The third-order valence-electron chi connectivity index (χ3n) is 2.78. The molecule has 0 fully saturated rings. The zero-order valence-corrected chi connectivity index (χ0v) is 13.7. The summed E-state index contributed by atoms with van der Waals surface area (Å²) in [5, 5.41) is 2.98. The zero-order valence-electron chi connectivity index (χ0n) is 13.7. The van der Waals surface area contributed by atoms with Gasteiger partial charge in [0.15, 0.2) is 5.82 Å². The minimum absolute atomic E-state index is 0.535. The van der Waals surface area contributed by atoms with Crippen LogP contribution < -0.4 is 10.1 Å². The van der Waals surface area contributed by atoms with Crippen molar-refractivity contribution >= 4 is 11.4 Å². The van der Waals surface area contributed by atoms with Gasteiger partial charge in [-0.2, -0.15) is 4.98 Å². The van der Waals surface area contributed by atoms with Gasteiger partial charge in [0, 0.05) is 20.6 Å². The van der Waals surface area contributed by atoms with Crippen LogP contribution in [0.1, 0.15) is 39.4 Å². The Morgan fingerprint density at radius 3 is 2.60 bits per heavy atom. The number of hydrogen-bond acceptors (Lipinski definition) is 5. The molecule has 0 radical (unpaired) electrons. The van der Waals surface area contributed by atoms with Gasteiger partial charge < -0.3 is 15.0 Å². The molecule has 5 heteroatoms. The Morgan fingerprint density at radius 1 is 1.45 bits per heavy atom. The number of nitrogens with zero attached hydrogens (tertiary/aromatic N) is 3. The number of ether oxygens (including phenoxy) is 1. The third-order valence-corrected chi connectivity index (χ3v) is 2.78. The van der Waals surface area contributed by atoms with E-state index in [-0.39, 0.29) is 0 Å². The van der Waals surface area contributed by atoms with E-state index in [1.54, 1.807) is 13.3 Å². The number of nitrogens with one attached hydrogen (secondary N) is 1. The molecule has 0 aliphatic rings. The van der Waals surface area contributed by atoms with Gasteiger partial charge in [0.2, 0.25) is 5.88 Å². The number of hydrogen-bond donors (Lipinski definition) is 1. The summed E-state index contributed by atoms with van der Waals surface area (Å²) < 4.78 is 5.21. The summed E-state index contributed by atoms with van der Waals surface area (Å²) in [6, 6.07) is 0. The molecule has 0 saturated heterocycles. The van der Waals surface area contributed by atoms with Crippen molar-refractivity contribution in [3.05, 3.63) is 18.6 Å². The van der Waals surface area contributed by atoms with E-state index in [9.17, 15) is 0 Å². The highest BCUT2D eigenvalue weighted by atomic mass is 16.5. The number of rotatable bonds is 7. The monoisotopic (exact) mass is 280 g/mol. The van der Waals surface area contributed by atoms with Gasteiger partial charge in [0.1, 0.15) is 5.69 Å². The molecule has 0 saturated carbocycles. The molecule has 0 bridgehead atoms. The third kappa shape index (κ3) is 5.07. The lowest BCUT2D eigenvalue weighted by Gasteiger charge is -2.20. The Morgan fingerprint density at radius 2 is 2.10 bits per heavy atom. The van der Waals surface area contributed by atoms with E-state index in [0.29, 0.717) is 11.7 Å². The maximum absolute atomic E-state index is 5.21. The average molecular weight is 280 g/mol. The molecule has 1 heterocycles. The fraction of sp³-hybridized carbons (Fsp3) is 0.600. The van der Waals surface area contributed by atoms with Crippen molar-refractivity contribution in [2.45, 2.75) is 33.6 Å². The van der Waals surface area contributed by atoms with Gasteiger partial charge in [0.25, 0.3) is 0 Å². The van der Waals surface area contributed by atoms with Gasteiger partial charge >= 0.3 is 0 Å². The lowest BCUT2D eigenvalue weighted by atomic mass is 10.3. The summed E-state index contributed by atoms with van der Waals surface area (Å²) >= 11 is 0. The first-order chi connectivity index (χ1) is 9.63. The average Bonchev–Trinajstić information content (AvgIpc) is 2.52. The quantitative estimate of drug-likeness (QED) is 0.831. The van der Waals surface area contributed by atoms with Crippen LogP contribution in [0.15, 0.2) is 12.8 Å². The van der Waals surface area contributed by atoms with Crippen LogP contribution in [-0.2, 0) is 0 Å². The van der Waals surface area contributed by atoms with Crippen LogP contribution in [0.3, 0.4) is 0 Å². The minimum atomic E-state index is 0.535. The summed E-state index contributed by atoms with van der Waals surface area (Å²) in [7, 11) is 5.40. The van der Waals surface area contributed by atoms with Crippen molar-refractivity contribution in [1.29, 1.82) is 0 Å². The van der Waals surface area contributed by atoms with Gasteiger partial charge in [-0.25, -0.2) is 4.98 Å². The van der Waals surface area contributed by atoms with Crippen LogP contribution in [0.4, 0.5) is 5.69 Å². The number of unbranched alkanes of at least 4 members (excludes halogenated alkanes) is 1. The Balaban J connectivity index is 0.00000172. The van der Waals surface area contributed by atoms with Crippen molar-refractivity contribution in [1.82, 2.24) is 14.9 Å². The molecule has 5 nitrogen and oxygen atoms in total. The van der Waals surface area contributed by atoms with Crippen LogP contribution in [0.25, 0.3) is 5.70 Å². The second kappa shape index (κ2) is 10.1. The smallest absolute Gasteiger partial charge is 0.240 e. The van der Waals surface area contributed by atoms with Gasteiger partial charge in [-0.05, 0) is 6.42 Å². The fourth-order valence-electron chi connectivity index (χ4n) is 1.53. The van der Waals surface area contributed by atoms with E-state index < -0.39 is 0 Å². The topological polar surface area (TPSA) is 50.3 Å². The molecule has 0 aliphatic heterocycles. The van der Waals surface area contributed by atoms with E-state index in [2.05, 4.69) is 33.7 Å². The number of methoxy groups -OCH3 is 1. The molecule has 1 aromatic heterocycles. The van der Waals surface area contributed by atoms with Gasteiger partial charge in [-0.1, -0.05) is 33.8 Å². The molecule has 1 aromatic rings. The normalized spacial score (nSPS) is 9.30. The SMILES string of the molecule is C=C(c1ncc(NC)c(OC)n1)N(C)CCCC.CC. The summed E-state index contributed by atoms with van der Waals surface area (Å²) in [4.78, 5) is 10.7. The Kier molecular flexibility index (Phi) is 9.17. The predicted octanol–water partition coefficient (Wildman–Crippen LogP) is 3.26. The molecule has 20 heavy (non-hydrogen) atoms. The van der Waals surface area contributed by atoms with Crippen molar-refractivity contribution in [2.75, 3.05) is 33.1 Å². The van der Waals surface area contributed by atoms with E-state index in [1.165, 1.54) is 0 Å². The van der Waals surface area contributed by atoms with Gasteiger partial charge in [-0.3, -0.25) is 0 Å². The highest BCUT2D eigenvalue weighted by Gasteiger charge is 2.11. The van der Waals surface area contributed by atoms with Crippen LogP contribution >= 0.6 is 0 Å². The summed E-state index contributed by atoms with van der Waals surface area (Å²) in [5.41, 5.74) is 1.58. The first-order valence-electron chi connectivity index (χ1n) is 7.13. The summed E-state index contributed by atoms with van der Waals surface area (Å²) in [6.07, 6.45) is 3.99. The van der Waals surface area contributed by atoms with Crippen molar-refractivity contribution in [2.24, 2.45) is 0 Å². The van der Waals surface area contributed by atoms with Gasteiger partial charge in [-0.15, -0.1) is 0 Å². The van der Waals surface area contributed by atoms with E-state index >= 15 is 0 Å². The second-order valence-corrected chi connectivity index (χ2v) is 4.09. The molecule has 0 aromatic carbocycles. The van der Waals surface area contributed by atoms with Crippen molar-refractivity contribution < 1.29 is 4.74 Å². The van der Waals surface area contributed by atoms with Crippen LogP contribution in [0.5, 0.6) is 5.88 Å². The predicted molar refractivity (Wildman–Crippen MR) is 86.1 cm³/mol. The molecule has 0 aliphatic carbocycles. The first-order valence-corrected chi connectivity index (χ1v) is 7.13. The van der Waals surface area contributed by atoms with Crippen LogP contribution in [0.2, 0.25) is 0 Å². The molecule has 0 amide bonds. The summed E-state index contributed by atoms with van der Waals surface area (Å²) in [6.45, 7) is 11.2. The Labute approximate surface area is 123 Å². The van der Waals surface area contributed by atoms with Crippen molar-refractivity contribution in [3.8, 4) is 5.88 Å². The highest BCUT2D eigenvalue weighted by Crippen LogP contribution is 2.22. The van der Waals surface area contributed by atoms with Crippen LogP contribution in [0, 0.1) is 0 Å². The zero-order chi connectivity index (χ0) is 15.5.